The lowest BCUT2D eigenvalue weighted by molar-refractivity contribution is 0.283. The van der Waals surface area contributed by atoms with Crippen molar-refractivity contribution >= 4 is 5.69 Å². The molecule has 4 heteroatoms. The molecule has 0 unspecified atom stereocenters. The fourth-order valence-electron chi connectivity index (χ4n) is 2.01. The van der Waals surface area contributed by atoms with Crippen LogP contribution in [0.15, 0.2) is 6.07 Å². The summed E-state index contributed by atoms with van der Waals surface area (Å²) in [7, 11) is 1.99. The molecule has 0 aliphatic heterocycles. The standard InChI is InChI=1S/C14H21N3O/c1-11-9-14(13(10-15)12(2)16-11)17(3)7-5-4-6-8-18/h9,18H,4-8H2,1-3H3. The van der Waals surface area contributed by atoms with Gasteiger partial charge in [0.15, 0.2) is 0 Å². The summed E-state index contributed by atoms with van der Waals surface area (Å²) in [5.41, 5.74) is 3.33. The SMILES string of the molecule is Cc1cc(N(C)CCCCCO)c(C#N)c(C)n1. The first-order valence-corrected chi connectivity index (χ1v) is 6.30. The molecule has 0 amide bonds. The molecule has 0 radical (unpaired) electrons. The van der Waals surface area contributed by atoms with E-state index in [-0.39, 0.29) is 6.61 Å². The topological polar surface area (TPSA) is 60.1 Å². The van der Waals surface area contributed by atoms with Gasteiger partial charge in [0.05, 0.1) is 16.9 Å². The zero-order valence-electron chi connectivity index (χ0n) is 11.4. The van der Waals surface area contributed by atoms with Crippen molar-refractivity contribution in [2.45, 2.75) is 33.1 Å². The summed E-state index contributed by atoms with van der Waals surface area (Å²) >= 11 is 0. The molecule has 0 aromatic carbocycles. The minimum absolute atomic E-state index is 0.251. The zero-order valence-corrected chi connectivity index (χ0v) is 11.4. The van der Waals surface area contributed by atoms with Gasteiger partial charge in [-0.15, -0.1) is 0 Å². The Kier molecular flexibility index (Phi) is 5.60. The van der Waals surface area contributed by atoms with Gasteiger partial charge >= 0.3 is 0 Å². The number of hydrogen-bond acceptors (Lipinski definition) is 4. The maximum absolute atomic E-state index is 9.20. The molecule has 98 valence electrons. The normalized spacial score (nSPS) is 10.2. The number of nitriles is 1. The summed E-state index contributed by atoms with van der Waals surface area (Å²) in [6, 6.07) is 4.19. The number of unbranched alkanes of at least 4 members (excludes halogenated alkanes) is 2. The second-order valence-electron chi connectivity index (χ2n) is 4.56. The largest absolute Gasteiger partial charge is 0.396 e. The van der Waals surface area contributed by atoms with Gasteiger partial charge in [-0.25, -0.2) is 0 Å². The highest BCUT2D eigenvalue weighted by Gasteiger charge is 2.11. The van der Waals surface area contributed by atoms with E-state index in [0.717, 1.165) is 42.9 Å². The molecule has 18 heavy (non-hydrogen) atoms. The summed E-state index contributed by atoms with van der Waals surface area (Å²) in [6.45, 7) is 4.95. The van der Waals surface area contributed by atoms with Crippen LogP contribution in [0.3, 0.4) is 0 Å². The smallest absolute Gasteiger partial charge is 0.103 e. The summed E-state index contributed by atoms with van der Waals surface area (Å²) < 4.78 is 0. The number of pyridine rings is 1. The van der Waals surface area contributed by atoms with E-state index in [1.54, 1.807) is 0 Å². The maximum Gasteiger partial charge on any atom is 0.103 e. The van der Waals surface area contributed by atoms with Crippen LogP contribution >= 0.6 is 0 Å². The van der Waals surface area contributed by atoms with Crippen molar-refractivity contribution in [3.63, 3.8) is 0 Å². The van der Waals surface area contributed by atoms with Gasteiger partial charge in [0.1, 0.15) is 6.07 Å². The van der Waals surface area contributed by atoms with Crippen LogP contribution in [-0.2, 0) is 0 Å². The third-order valence-electron chi connectivity index (χ3n) is 2.98. The Morgan fingerprint density at radius 2 is 2.06 bits per heavy atom. The third kappa shape index (κ3) is 3.71. The van der Waals surface area contributed by atoms with E-state index in [9.17, 15) is 5.26 Å². The summed E-state index contributed by atoms with van der Waals surface area (Å²) in [6.07, 6.45) is 2.86. The molecular weight excluding hydrogens is 226 g/mol. The molecule has 0 saturated carbocycles. The highest BCUT2D eigenvalue weighted by atomic mass is 16.2. The average molecular weight is 247 g/mol. The molecule has 1 heterocycles. The van der Waals surface area contributed by atoms with E-state index >= 15 is 0 Å². The summed E-state index contributed by atoms with van der Waals surface area (Å²) in [5, 5.41) is 17.9. The van der Waals surface area contributed by atoms with Crippen LogP contribution in [-0.4, -0.2) is 30.3 Å². The molecule has 1 N–H and O–H groups in total. The van der Waals surface area contributed by atoms with Gasteiger partial charge in [0.2, 0.25) is 0 Å². The Balaban J connectivity index is 2.78. The fourth-order valence-corrected chi connectivity index (χ4v) is 2.01. The molecule has 0 saturated heterocycles. The number of nitrogens with zero attached hydrogens (tertiary/aromatic N) is 3. The monoisotopic (exact) mass is 247 g/mol. The van der Waals surface area contributed by atoms with Gasteiger partial charge in [-0.1, -0.05) is 0 Å². The summed E-state index contributed by atoms with van der Waals surface area (Å²) in [4.78, 5) is 6.41. The van der Waals surface area contributed by atoms with Gasteiger partial charge in [-0.2, -0.15) is 5.26 Å². The van der Waals surface area contributed by atoms with Crippen molar-refractivity contribution in [1.82, 2.24) is 4.98 Å². The molecule has 0 bridgehead atoms. The van der Waals surface area contributed by atoms with E-state index < -0.39 is 0 Å². The van der Waals surface area contributed by atoms with E-state index in [2.05, 4.69) is 16.0 Å². The Morgan fingerprint density at radius 1 is 1.33 bits per heavy atom. The molecule has 0 fully saturated rings. The minimum atomic E-state index is 0.251. The highest BCUT2D eigenvalue weighted by molar-refractivity contribution is 5.61. The molecule has 1 aromatic heterocycles. The van der Waals surface area contributed by atoms with E-state index in [0.29, 0.717) is 5.56 Å². The van der Waals surface area contributed by atoms with Gasteiger partial charge in [-0.05, 0) is 39.2 Å². The predicted molar refractivity (Wildman–Crippen MR) is 72.6 cm³/mol. The van der Waals surface area contributed by atoms with Crippen LogP contribution in [0.4, 0.5) is 5.69 Å². The van der Waals surface area contributed by atoms with Crippen LogP contribution in [0.25, 0.3) is 0 Å². The van der Waals surface area contributed by atoms with Crippen molar-refractivity contribution < 1.29 is 5.11 Å². The predicted octanol–water partition coefficient (Wildman–Crippen LogP) is 2.17. The van der Waals surface area contributed by atoms with E-state index in [4.69, 9.17) is 5.11 Å². The molecule has 4 nitrogen and oxygen atoms in total. The number of rotatable bonds is 6. The molecule has 1 rings (SSSR count). The van der Waals surface area contributed by atoms with Crippen molar-refractivity contribution in [2.24, 2.45) is 0 Å². The number of hydrogen-bond donors (Lipinski definition) is 1. The minimum Gasteiger partial charge on any atom is -0.396 e. The lowest BCUT2D eigenvalue weighted by Crippen LogP contribution is -2.20. The van der Waals surface area contributed by atoms with Gasteiger partial charge in [0, 0.05) is 25.9 Å². The van der Waals surface area contributed by atoms with E-state index in [1.807, 2.05) is 27.0 Å². The molecule has 0 spiro atoms. The lowest BCUT2D eigenvalue weighted by atomic mass is 10.1. The van der Waals surface area contributed by atoms with E-state index in [1.165, 1.54) is 0 Å². The molecule has 0 atom stereocenters. The van der Waals surface area contributed by atoms with Gasteiger partial charge in [-0.3, -0.25) is 4.98 Å². The maximum atomic E-state index is 9.20. The first kappa shape index (κ1) is 14.5. The lowest BCUT2D eigenvalue weighted by Gasteiger charge is -2.21. The number of aliphatic hydroxyl groups excluding tert-OH is 1. The number of anilines is 1. The molecule has 0 aliphatic rings. The first-order chi connectivity index (χ1) is 8.60. The van der Waals surface area contributed by atoms with Crippen molar-refractivity contribution in [3.05, 3.63) is 23.0 Å². The number of aromatic nitrogens is 1. The zero-order chi connectivity index (χ0) is 13.5. The van der Waals surface area contributed by atoms with Crippen molar-refractivity contribution in [3.8, 4) is 6.07 Å². The number of aliphatic hydroxyl groups is 1. The molecule has 1 aromatic rings. The quantitative estimate of drug-likeness (QED) is 0.783. The van der Waals surface area contributed by atoms with Crippen LogP contribution < -0.4 is 4.90 Å². The molecule has 0 aliphatic carbocycles. The second kappa shape index (κ2) is 6.97. The van der Waals surface area contributed by atoms with Crippen LogP contribution in [0.2, 0.25) is 0 Å². The van der Waals surface area contributed by atoms with Crippen molar-refractivity contribution in [2.75, 3.05) is 25.1 Å². The Labute approximate surface area is 109 Å². The first-order valence-electron chi connectivity index (χ1n) is 6.30. The van der Waals surface area contributed by atoms with Crippen LogP contribution in [0.1, 0.15) is 36.2 Å². The summed E-state index contributed by atoms with van der Waals surface area (Å²) in [5.74, 6) is 0. The number of aryl methyl sites for hydroxylation is 2. The Morgan fingerprint density at radius 3 is 2.67 bits per heavy atom. The highest BCUT2D eigenvalue weighted by Crippen LogP contribution is 2.22. The second-order valence-corrected chi connectivity index (χ2v) is 4.56. The van der Waals surface area contributed by atoms with Crippen LogP contribution in [0.5, 0.6) is 0 Å². The van der Waals surface area contributed by atoms with Crippen LogP contribution in [0, 0.1) is 25.2 Å². The van der Waals surface area contributed by atoms with Crippen molar-refractivity contribution in [1.29, 1.82) is 5.26 Å². The average Bonchev–Trinajstić information content (AvgIpc) is 2.33. The van der Waals surface area contributed by atoms with Gasteiger partial charge in [0.25, 0.3) is 0 Å². The fraction of sp³-hybridized carbons (Fsp3) is 0.571. The Hall–Kier alpha value is -1.60. The third-order valence-corrected chi connectivity index (χ3v) is 2.98. The van der Waals surface area contributed by atoms with Gasteiger partial charge < -0.3 is 10.0 Å². The molecular formula is C14H21N3O. The Bertz CT molecular complexity index is 437.